The molecule has 0 N–H and O–H groups in total. The first-order valence-electron chi connectivity index (χ1n) is 8.00. The fourth-order valence-electron chi connectivity index (χ4n) is 2.53. The molecule has 0 radical (unpaired) electrons. The van der Waals surface area contributed by atoms with Crippen LogP contribution < -0.4 is 9.47 Å². The van der Waals surface area contributed by atoms with E-state index in [0.717, 1.165) is 23.9 Å². The van der Waals surface area contributed by atoms with Crippen molar-refractivity contribution in [3.05, 3.63) is 65.5 Å². The first-order valence-corrected chi connectivity index (χ1v) is 8.98. The van der Waals surface area contributed by atoms with Gasteiger partial charge >= 0.3 is 6.18 Å². The number of fused-ring (bicyclic) bond motifs is 1. The minimum absolute atomic E-state index is 0.233. The van der Waals surface area contributed by atoms with Gasteiger partial charge in [0.15, 0.2) is 11.5 Å². The lowest BCUT2D eigenvalue weighted by Gasteiger charge is -2.23. The summed E-state index contributed by atoms with van der Waals surface area (Å²) in [5.74, 6) is 1.77. The van der Waals surface area contributed by atoms with Crippen LogP contribution in [0.3, 0.4) is 0 Å². The highest BCUT2D eigenvalue weighted by atomic mass is 32.2. The molecule has 5 nitrogen and oxygen atoms in total. The zero-order valence-corrected chi connectivity index (χ0v) is 14.6. The Morgan fingerprint density at radius 3 is 2.67 bits per heavy atom. The lowest BCUT2D eigenvalue weighted by Crippen LogP contribution is -2.21. The Morgan fingerprint density at radius 2 is 1.85 bits per heavy atom. The van der Waals surface area contributed by atoms with E-state index < -0.39 is 17.8 Å². The molecule has 0 spiro atoms. The monoisotopic (exact) mass is 394 g/mol. The quantitative estimate of drug-likeness (QED) is 0.587. The molecular weight excluding hydrogens is 381 g/mol. The second kappa shape index (κ2) is 7.15. The topological polar surface area (TPSA) is 57.4 Å². The van der Waals surface area contributed by atoms with Crippen molar-refractivity contribution < 1.29 is 27.1 Å². The summed E-state index contributed by atoms with van der Waals surface area (Å²) < 4.78 is 55.3. The average Bonchev–Trinajstić information content (AvgIpc) is 3.15. The number of alkyl halides is 3. The Balaban J connectivity index is 1.41. The molecule has 1 atom stereocenters. The summed E-state index contributed by atoms with van der Waals surface area (Å²) in [5.41, 5.74) is -0.168. The maximum Gasteiger partial charge on any atom is 0.416 e. The molecule has 0 amide bonds. The van der Waals surface area contributed by atoms with Gasteiger partial charge in [0, 0.05) is 5.75 Å². The molecule has 1 aromatic heterocycles. The SMILES string of the molecule is FC(F)(F)c1cccc(CSc2nnc([C@@H]3COc4ccccc4O3)o2)c1. The third-order valence-electron chi connectivity index (χ3n) is 3.82. The summed E-state index contributed by atoms with van der Waals surface area (Å²) in [5, 5.41) is 8.14. The van der Waals surface area contributed by atoms with E-state index in [1.807, 2.05) is 12.1 Å². The van der Waals surface area contributed by atoms with Crippen LogP contribution in [0.15, 0.2) is 58.2 Å². The first kappa shape index (κ1) is 17.7. The summed E-state index contributed by atoms with van der Waals surface area (Å²) >= 11 is 1.16. The zero-order chi connectivity index (χ0) is 18.9. The molecule has 1 aliphatic heterocycles. The van der Waals surface area contributed by atoms with Crippen LogP contribution in [0.2, 0.25) is 0 Å². The largest absolute Gasteiger partial charge is 0.485 e. The fraction of sp³-hybridized carbons (Fsp3) is 0.222. The maximum absolute atomic E-state index is 12.8. The predicted molar refractivity (Wildman–Crippen MR) is 90.6 cm³/mol. The molecule has 2 aromatic carbocycles. The van der Waals surface area contributed by atoms with Crippen LogP contribution in [0, 0.1) is 0 Å². The molecule has 0 saturated carbocycles. The number of hydrogen-bond acceptors (Lipinski definition) is 6. The Hall–Kier alpha value is -2.68. The van der Waals surface area contributed by atoms with E-state index in [1.54, 1.807) is 18.2 Å². The third-order valence-corrected chi connectivity index (χ3v) is 4.71. The van der Waals surface area contributed by atoms with Crippen molar-refractivity contribution in [2.45, 2.75) is 23.3 Å². The van der Waals surface area contributed by atoms with Gasteiger partial charge in [-0.15, -0.1) is 10.2 Å². The highest BCUT2D eigenvalue weighted by Gasteiger charge is 2.30. The van der Waals surface area contributed by atoms with Gasteiger partial charge in [0.05, 0.1) is 5.56 Å². The summed E-state index contributed by atoms with van der Waals surface area (Å²) in [6.07, 6.45) is -4.90. The molecule has 4 rings (SSSR count). The van der Waals surface area contributed by atoms with E-state index in [-0.39, 0.29) is 23.5 Å². The maximum atomic E-state index is 12.8. The lowest BCUT2D eigenvalue weighted by atomic mass is 10.1. The first-order chi connectivity index (χ1) is 13.0. The van der Waals surface area contributed by atoms with Gasteiger partial charge in [-0.05, 0) is 23.8 Å². The van der Waals surface area contributed by atoms with Gasteiger partial charge in [-0.1, -0.05) is 42.1 Å². The molecule has 9 heteroatoms. The molecule has 0 saturated heterocycles. The minimum Gasteiger partial charge on any atom is -0.485 e. The van der Waals surface area contributed by atoms with Gasteiger partial charge in [0.1, 0.15) is 6.61 Å². The van der Waals surface area contributed by atoms with E-state index in [4.69, 9.17) is 13.9 Å². The number of para-hydroxylation sites is 2. The highest BCUT2D eigenvalue weighted by Crippen LogP contribution is 2.36. The molecule has 0 bridgehead atoms. The number of ether oxygens (including phenoxy) is 2. The number of thioether (sulfide) groups is 1. The van der Waals surface area contributed by atoms with Crippen molar-refractivity contribution in [2.24, 2.45) is 0 Å². The van der Waals surface area contributed by atoms with Crippen molar-refractivity contribution in [3.63, 3.8) is 0 Å². The molecule has 1 aliphatic rings. The smallest absolute Gasteiger partial charge is 0.416 e. The van der Waals surface area contributed by atoms with E-state index in [0.29, 0.717) is 17.1 Å². The van der Waals surface area contributed by atoms with Crippen molar-refractivity contribution in [2.75, 3.05) is 6.61 Å². The number of nitrogens with zero attached hydrogens (tertiary/aromatic N) is 2. The minimum atomic E-state index is -4.37. The third kappa shape index (κ3) is 4.02. The fourth-order valence-corrected chi connectivity index (χ4v) is 3.25. The van der Waals surface area contributed by atoms with Crippen molar-refractivity contribution in [1.29, 1.82) is 0 Å². The van der Waals surface area contributed by atoms with E-state index >= 15 is 0 Å². The molecule has 27 heavy (non-hydrogen) atoms. The lowest BCUT2D eigenvalue weighted by molar-refractivity contribution is -0.137. The van der Waals surface area contributed by atoms with Crippen LogP contribution in [0.4, 0.5) is 13.2 Å². The van der Waals surface area contributed by atoms with Crippen LogP contribution in [0.1, 0.15) is 23.1 Å². The summed E-state index contributed by atoms with van der Waals surface area (Å²) in [6.45, 7) is 0.233. The predicted octanol–water partition coefficient (Wildman–Crippen LogP) is 4.89. The Kier molecular flexibility index (Phi) is 4.69. The van der Waals surface area contributed by atoms with Gasteiger partial charge < -0.3 is 13.9 Å². The Morgan fingerprint density at radius 1 is 1.04 bits per heavy atom. The van der Waals surface area contributed by atoms with Crippen LogP contribution in [0.5, 0.6) is 11.5 Å². The Bertz CT molecular complexity index is 945. The van der Waals surface area contributed by atoms with Crippen LogP contribution in [0.25, 0.3) is 0 Å². The number of halogens is 3. The number of benzene rings is 2. The number of rotatable bonds is 4. The van der Waals surface area contributed by atoms with E-state index in [1.165, 1.54) is 6.07 Å². The van der Waals surface area contributed by atoms with Gasteiger partial charge in [0.25, 0.3) is 11.1 Å². The second-order valence-electron chi connectivity index (χ2n) is 5.76. The van der Waals surface area contributed by atoms with Crippen molar-refractivity contribution in [1.82, 2.24) is 10.2 Å². The molecular formula is C18H13F3N2O3S. The second-order valence-corrected chi connectivity index (χ2v) is 6.68. The van der Waals surface area contributed by atoms with Crippen LogP contribution >= 0.6 is 11.8 Å². The molecule has 0 unspecified atom stereocenters. The average molecular weight is 394 g/mol. The van der Waals surface area contributed by atoms with Gasteiger partial charge in [-0.25, -0.2) is 0 Å². The zero-order valence-electron chi connectivity index (χ0n) is 13.8. The summed E-state index contributed by atoms with van der Waals surface area (Å²) in [7, 11) is 0. The molecule has 2 heterocycles. The summed E-state index contributed by atoms with van der Waals surface area (Å²) in [6, 6.07) is 12.4. The Labute approximate surface area is 156 Å². The van der Waals surface area contributed by atoms with E-state index in [9.17, 15) is 13.2 Å². The van der Waals surface area contributed by atoms with Gasteiger partial charge in [-0.3, -0.25) is 0 Å². The van der Waals surface area contributed by atoms with Crippen molar-refractivity contribution in [3.8, 4) is 11.5 Å². The van der Waals surface area contributed by atoms with Gasteiger partial charge in [0.2, 0.25) is 6.10 Å². The van der Waals surface area contributed by atoms with Crippen LogP contribution in [-0.2, 0) is 11.9 Å². The normalized spacial score (nSPS) is 16.3. The van der Waals surface area contributed by atoms with Crippen molar-refractivity contribution >= 4 is 11.8 Å². The standard InChI is InChI=1S/C18H13F3N2O3S/c19-18(20,21)12-5-3-4-11(8-12)10-27-17-23-22-16(26-17)15-9-24-13-6-1-2-7-14(13)25-15/h1-8,15H,9-10H2/t15-/m0/s1. The molecule has 140 valence electrons. The molecule has 0 fully saturated rings. The summed E-state index contributed by atoms with van der Waals surface area (Å²) in [4.78, 5) is 0. The number of aromatic nitrogens is 2. The van der Waals surface area contributed by atoms with Crippen LogP contribution in [-0.4, -0.2) is 16.8 Å². The molecule has 3 aromatic rings. The van der Waals surface area contributed by atoms with E-state index in [2.05, 4.69) is 10.2 Å². The molecule has 0 aliphatic carbocycles. The van der Waals surface area contributed by atoms with Gasteiger partial charge in [-0.2, -0.15) is 13.2 Å². The number of hydrogen-bond donors (Lipinski definition) is 0. The highest BCUT2D eigenvalue weighted by molar-refractivity contribution is 7.98.